The van der Waals surface area contributed by atoms with Crippen molar-refractivity contribution in [3.05, 3.63) is 0 Å². The zero-order chi connectivity index (χ0) is 10.5. The lowest BCUT2D eigenvalue weighted by atomic mass is 10.1. The summed E-state index contributed by atoms with van der Waals surface area (Å²) in [5.41, 5.74) is 0. The van der Waals surface area contributed by atoms with Crippen LogP contribution in [0.3, 0.4) is 0 Å². The van der Waals surface area contributed by atoms with Crippen LogP contribution < -0.4 is 10.6 Å². The number of amides is 1. The lowest BCUT2D eigenvalue weighted by molar-refractivity contribution is -0.124. The molecule has 2 rings (SSSR count). The van der Waals surface area contributed by atoms with Gasteiger partial charge in [0.1, 0.15) is 0 Å². The average Bonchev–Trinajstić information content (AvgIpc) is 2.81. The van der Waals surface area contributed by atoms with Crippen molar-refractivity contribution in [2.24, 2.45) is 5.92 Å². The molecule has 15 heavy (non-hydrogen) atoms. The van der Waals surface area contributed by atoms with Gasteiger partial charge in [-0.3, -0.25) is 4.79 Å². The van der Waals surface area contributed by atoms with Crippen molar-refractivity contribution in [3.63, 3.8) is 0 Å². The smallest absolute Gasteiger partial charge is 0.224 e. The van der Waals surface area contributed by atoms with Crippen LogP contribution in [-0.2, 0) is 4.79 Å². The minimum absolute atomic E-state index is 0.214. The van der Waals surface area contributed by atoms with E-state index in [1.807, 2.05) is 23.5 Å². The molecule has 0 bridgehead atoms. The van der Waals surface area contributed by atoms with Crippen molar-refractivity contribution in [1.29, 1.82) is 0 Å². The third kappa shape index (κ3) is 3.57. The van der Waals surface area contributed by atoms with E-state index < -0.39 is 0 Å². The molecule has 0 aromatic rings. The van der Waals surface area contributed by atoms with E-state index in [0.29, 0.717) is 5.25 Å². The molecule has 0 radical (unpaired) electrons. The summed E-state index contributed by atoms with van der Waals surface area (Å²) < 4.78 is 0. The Morgan fingerprint density at radius 3 is 3.07 bits per heavy atom. The second-order valence-corrected chi connectivity index (χ2v) is 6.56. The number of thioether (sulfide) groups is 2. The predicted octanol–water partition coefficient (Wildman–Crippen LogP) is 0.561. The van der Waals surface area contributed by atoms with Gasteiger partial charge in [0, 0.05) is 35.6 Å². The molecule has 2 saturated heterocycles. The first-order valence-electron chi connectivity index (χ1n) is 5.54. The summed E-state index contributed by atoms with van der Waals surface area (Å²) in [7, 11) is 0. The van der Waals surface area contributed by atoms with Gasteiger partial charge in [0.2, 0.25) is 5.91 Å². The molecule has 2 atom stereocenters. The van der Waals surface area contributed by atoms with Gasteiger partial charge in [-0.15, -0.1) is 0 Å². The van der Waals surface area contributed by atoms with Crippen LogP contribution in [-0.4, -0.2) is 48.0 Å². The molecule has 0 aliphatic carbocycles. The van der Waals surface area contributed by atoms with Gasteiger partial charge in [0.05, 0.1) is 5.92 Å². The Hall–Kier alpha value is 0.130. The fourth-order valence-electron chi connectivity index (χ4n) is 1.89. The molecule has 3 nitrogen and oxygen atoms in total. The monoisotopic (exact) mass is 246 g/mol. The average molecular weight is 246 g/mol. The van der Waals surface area contributed by atoms with Crippen LogP contribution >= 0.6 is 23.5 Å². The summed E-state index contributed by atoms with van der Waals surface area (Å²) in [5.74, 6) is 4.15. The molecule has 0 saturated carbocycles. The van der Waals surface area contributed by atoms with Crippen LogP contribution in [0.1, 0.15) is 6.42 Å². The zero-order valence-electron chi connectivity index (χ0n) is 8.83. The summed E-state index contributed by atoms with van der Waals surface area (Å²) in [6.07, 6.45) is 0.998. The molecule has 5 heteroatoms. The van der Waals surface area contributed by atoms with Crippen LogP contribution in [0.15, 0.2) is 0 Å². The zero-order valence-corrected chi connectivity index (χ0v) is 10.5. The maximum absolute atomic E-state index is 11.7. The first kappa shape index (κ1) is 11.6. The molecule has 0 aromatic carbocycles. The number of nitrogens with one attached hydrogen (secondary N) is 2. The molecule has 2 heterocycles. The number of hydrogen-bond acceptors (Lipinski definition) is 4. The fraction of sp³-hybridized carbons (Fsp3) is 0.900. The molecule has 1 unspecified atom stereocenters. The van der Waals surface area contributed by atoms with Crippen molar-refractivity contribution in [2.45, 2.75) is 11.7 Å². The van der Waals surface area contributed by atoms with E-state index in [0.717, 1.165) is 26.1 Å². The summed E-state index contributed by atoms with van der Waals surface area (Å²) in [4.78, 5) is 11.7. The van der Waals surface area contributed by atoms with Gasteiger partial charge in [-0.05, 0) is 13.0 Å². The Balaban J connectivity index is 1.65. The quantitative estimate of drug-likeness (QED) is 0.763. The van der Waals surface area contributed by atoms with Crippen LogP contribution in [0.5, 0.6) is 0 Å². The van der Waals surface area contributed by atoms with Gasteiger partial charge in [0.15, 0.2) is 0 Å². The van der Waals surface area contributed by atoms with Crippen molar-refractivity contribution in [2.75, 3.05) is 36.9 Å². The van der Waals surface area contributed by atoms with Gasteiger partial charge >= 0.3 is 0 Å². The van der Waals surface area contributed by atoms with E-state index in [2.05, 4.69) is 10.6 Å². The summed E-state index contributed by atoms with van der Waals surface area (Å²) >= 11 is 4.00. The highest BCUT2D eigenvalue weighted by molar-refractivity contribution is 8.06. The summed E-state index contributed by atoms with van der Waals surface area (Å²) in [6, 6.07) is 0. The minimum atomic E-state index is 0.214. The molecule has 2 fully saturated rings. The van der Waals surface area contributed by atoms with Crippen molar-refractivity contribution in [1.82, 2.24) is 10.6 Å². The highest BCUT2D eigenvalue weighted by Gasteiger charge is 2.23. The van der Waals surface area contributed by atoms with Gasteiger partial charge in [0.25, 0.3) is 0 Å². The molecule has 2 aliphatic heterocycles. The predicted molar refractivity (Wildman–Crippen MR) is 67.6 cm³/mol. The number of carbonyl (C=O) groups excluding carboxylic acids is 1. The standard InChI is InChI=1S/C10H18N2OS2/c13-10(8-1-2-11-5-8)12-6-9-7-14-3-4-15-9/h8-9,11H,1-7H2,(H,12,13)/t8-,9?/m1/s1. The third-order valence-electron chi connectivity index (χ3n) is 2.82. The van der Waals surface area contributed by atoms with E-state index in [1.165, 1.54) is 17.3 Å². The Kier molecular flexibility index (Phi) is 4.65. The number of carbonyl (C=O) groups is 1. The highest BCUT2D eigenvalue weighted by atomic mass is 32.2. The molecule has 0 aromatic heterocycles. The third-order valence-corrected chi connectivity index (χ3v) is 5.66. The maximum Gasteiger partial charge on any atom is 0.224 e. The molecule has 0 spiro atoms. The van der Waals surface area contributed by atoms with E-state index in [4.69, 9.17) is 0 Å². The topological polar surface area (TPSA) is 41.1 Å². The van der Waals surface area contributed by atoms with Crippen LogP contribution in [0, 0.1) is 5.92 Å². The number of hydrogen-bond donors (Lipinski definition) is 2. The van der Waals surface area contributed by atoms with Crippen LogP contribution in [0.25, 0.3) is 0 Å². The Labute approximate surface area is 99.5 Å². The van der Waals surface area contributed by atoms with Crippen LogP contribution in [0.4, 0.5) is 0 Å². The van der Waals surface area contributed by atoms with Crippen LogP contribution in [0.2, 0.25) is 0 Å². The Morgan fingerprint density at radius 2 is 2.40 bits per heavy atom. The fourth-order valence-corrected chi connectivity index (χ4v) is 4.50. The van der Waals surface area contributed by atoms with E-state index in [9.17, 15) is 4.79 Å². The van der Waals surface area contributed by atoms with Gasteiger partial charge in [-0.1, -0.05) is 0 Å². The van der Waals surface area contributed by atoms with Crippen molar-refractivity contribution < 1.29 is 4.79 Å². The first-order chi connectivity index (χ1) is 7.36. The minimum Gasteiger partial charge on any atom is -0.355 e. The van der Waals surface area contributed by atoms with Gasteiger partial charge < -0.3 is 10.6 Å². The molecular formula is C10H18N2OS2. The lowest BCUT2D eigenvalue weighted by Gasteiger charge is -2.21. The van der Waals surface area contributed by atoms with E-state index >= 15 is 0 Å². The Morgan fingerprint density at radius 1 is 1.47 bits per heavy atom. The lowest BCUT2D eigenvalue weighted by Crippen LogP contribution is -2.37. The van der Waals surface area contributed by atoms with Crippen molar-refractivity contribution >= 4 is 29.4 Å². The van der Waals surface area contributed by atoms with E-state index in [1.54, 1.807) is 0 Å². The molecule has 86 valence electrons. The summed E-state index contributed by atoms with van der Waals surface area (Å²) in [5, 5.41) is 6.93. The van der Waals surface area contributed by atoms with Gasteiger partial charge in [-0.25, -0.2) is 0 Å². The van der Waals surface area contributed by atoms with E-state index in [-0.39, 0.29) is 11.8 Å². The summed E-state index contributed by atoms with van der Waals surface area (Å²) in [6.45, 7) is 2.71. The molecule has 2 N–H and O–H groups in total. The van der Waals surface area contributed by atoms with Gasteiger partial charge in [-0.2, -0.15) is 23.5 Å². The van der Waals surface area contributed by atoms with Crippen molar-refractivity contribution in [3.8, 4) is 0 Å². The molecular weight excluding hydrogens is 228 g/mol. The highest BCUT2D eigenvalue weighted by Crippen LogP contribution is 2.23. The largest absolute Gasteiger partial charge is 0.355 e. The normalized spacial score (nSPS) is 31.5. The second-order valence-electron chi connectivity index (χ2n) is 4.00. The molecule has 1 amide bonds. The first-order valence-corrected chi connectivity index (χ1v) is 7.74. The maximum atomic E-state index is 11.7. The SMILES string of the molecule is O=C(NCC1CSCCS1)[C@@H]1CCNC1. The molecule has 2 aliphatic rings. The number of rotatable bonds is 3. The Bertz CT molecular complexity index is 213. The second kappa shape index (κ2) is 6.01.